The van der Waals surface area contributed by atoms with Gasteiger partial charge in [0.15, 0.2) is 17.1 Å². The second-order valence-electron chi connectivity index (χ2n) is 4.02. The molecule has 2 rings (SSSR count). The van der Waals surface area contributed by atoms with Crippen molar-refractivity contribution < 1.29 is 14.5 Å². The molecule has 98 valence electrons. The van der Waals surface area contributed by atoms with Crippen LogP contribution >= 0.6 is 22.6 Å². The fraction of sp³-hybridized carbons (Fsp3) is 0.385. The topological polar surface area (TPSA) is 46.0 Å². The summed E-state index contributed by atoms with van der Waals surface area (Å²) in [5.41, 5.74) is 1.28. The zero-order valence-electron chi connectivity index (χ0n) is 10.5. The molecule has 18 heavy (non-hydrogen) atoms. The van der Waals surface area contributed by atoms with E-state index >= 15 is 0 Å². The SMILES string of the molecule is CCCC1=C(OCC)Oc2ccc(I)cc2[NH+]1[O-]. The van der Waals surface area contributed by atoms with Gasteiger partial charge in [-0.25, -0.2) is 0 Å². The molecule has 0 bridgehead atoms. The Morgan fingerprint density at radius 1 is 1.39 bits per heavy atom. The summed E-state index contributed by atoms with van der Waals surface area (Å²) in [5, 5.41) is 12.5. The van der Waals surface area contributed by atoms with Gasteiger partial charge >= 0.3 is 5.95 Å². The van der Waals surface area contributed by atoms with E-state index in [1.807, 2.05) is 32.0 Å². The molecule has 5 heteroatoms. The van der Waals surface area contributed by atoms with E-state index in [-0.39, 0.29) is 5.06 Å². The van der Waals surface area contributed by atoms with Crippen molar-refractivity contribution in [3.05, 3.63) is 38.6 Å². The highest BCUT2D eigenvalue weighted by Crippen LogP contribution is 2.30. The van der Waals surface area contributed by atoms with Crippen LogP contribution in [0.15, 0.2) is 29.8 Å². The van der Waals surface area contributed by atoms with Gasteiger partial charge < -0.3 is 19.7 Å². The van der Waals surface area contributed by atoms with Gasteiger partial charge in [-0.3, -0.25) is 0 Å². The van der Waals surface area contributed by atoms with Crippen LogP contribution in [0.2, 0.25) is 0 Å². The van der Waals surface area contributed by atoms with Crippen LogP contribution in [0.1, 0.15) is 26.7 Å². The van der Waals surface area contributed by atoms with E-state index in [1.165, 1.54) is 0 Å². The Hall–Kier alpha value is -0.790. The largest absolute Gasteiger partial charge is 0.623 e. The third-order valence-electron chi connectivity index (χ3n) is 2.68. The first-order chi connectivity index (χ1) is 8.67. The molecular formula is C13H16INO3. The Balaban J connectivity index is 2.40. The van der Waals surface area contributed by atoms with Gasteiger partial charge in [0.1, 0.15) is 0 Å². The minimum atomic E-state index is 0.0278. The van der Waals surface area contributed by atoms with Gasteiger partial charge in [-0.1, -0.05) is 6.92 Å². The predicted molar refractivity (Wildman–Crippen MR) is 77.3 cm³/mol. The maximum atomic E-state index is 12.4. The lowest BCUT2D eigenvalue weighted by Gasteiger charge is -2.31. The number of hydroxylamine groups is 1. The van der Waals surface area contributed by atoms with E-state index in [9.17, 15) is 5.21 Å². The second-order valence-corrected chi connectivity index (χ2v) is 5.27. The van der Waals surface area contributed by atoms with Crippen molar-refractivity contribution in [1.82, 2.24) is 0 Å². The molecule has 0 aromatic heterocycles. The van der Waals surface area contributed by atoms with Crippen LogP contribution in [0.4, 0.5) is 5.69 Å². The molecule has 1 atom stereocenters. The quantitative estimate of drug-likeness (QED) is 0.663. The Morgan fingerprint density at radius 2 is 2.17 bits per heavy atom. The van der Waals surface area contributed by atoms with Crippen molar-refractivity contribution in [2.24, 2.45) is 0 Å². The second kappa shape index (κ2) is 5.90. The minimum Gasteiger partial charge on any atom is -0.623 e. The van der Waals surface area contributed by atoms with Crippen molar-refractivity contribution in [1.29, 1.82) is 0 Å². The number of fused-ring (bicyclic) bond motifs is 1. The van der Waals surface area contributed by atoms with E-state index in [1.54, 1.807) is 0 Å². The Bertz CT molecular complexity index is 473. The highest BCUT2D eigenvalue weighted by atomic mass is 127. The minimum absolute atomic E-state index is 0.0278. The highest BCUT2D eigenvalue weighted by molar-refractivity contribution is 14.1. The molecule has 1 aliphatic rings. The number of allylic oxidation sites excluding steroid dienone is 1. The van der Waals surface area contributed by atoms with Gasteiger partial charge in [0.05, 0.1) is 6.61 Å². The molecule has 0 saturated heterocycles. The molecule has 1 aromatic carbocycles. The molecule has 0 amide bonds. The summed E-state index contributed by atoms with van der Waals surface area (Å²) in [5.74, 6) is 0.960. The zero-order chi connectivity index (χ0) is 13.1. The van der Waals surface area contributed by atoms with Crippen molar-refractivity contribution in [3.8, 4) is 5.75 Å². The summed E-state index contributed by atoms with van der Waals surface area (Å²) in [4.78, 5) is 0. The molecule has 1 aliphatic heterocycles. The third kappa shape index (κ3) is 2.62. The van der Waals surface area contributed by atoms with Gasteiger partial charge in [-0.05, 0) is 48.1 Å². The number of ether oxygens (including phenoxy) is 2. The fourth-order valence-electron chi connectivity index (χ4n) is 1.90. The maximum absolute atomic E-state index is 12.4. The van der Waals surface area contributed by atoms with Gasteiger partial charge in [-0.15, -0.1) is 0 Å². The van der Waals surface area contributed by atoms with Crippen LogP contribution < -0.4 is 9.80 Å². The lowest BCUT2D eigenvalue weighted by Crippen LogP contribution is -3.01. The Morgan fingerprint density at radius 3 is 2.83 bits per heavy atom. The van der Waals surface area contributed by atoms with Crippen molar-refractivity contribution >= 4 is 28.3 Å². The van der Waals surface area contributed by atoms with Crippen LogP contribution in [0.3, 0.4) is 0 Å². The van der Waals surface area contributed by atoms with Gasteiger partial charge in [0.25, 0.3) is 0 Å². The lowest BCUT2D eigenvalue weighted by molar-refractivity contribution is -0.738. The average molecular weight is 361 g/mol. The van der Waals surface area contributed by atoms with Crippen molar-refractivity contribution in [2.75, 3.05) is 6.61 Å². The van der Waals surface area contributed by atoms with E-state index in [0.717, 1.165) is 9.99 Å². The molecule has 1 heterocycles. The van der Waals surface area contributed by atoms with Crippen molar-refractivity contribution in [3.63, 3.8) is 0 Å². The van der Waals surface area contributed by atoms with E-state index in [2.05, 4.69) is 22.6 Å². The zero-order valence-corrected chi connectivity index (χ0v) is 12.6. The first-order valence-electron chi connectivity index (χ1n) is 6.05. The standard InChI is InChI=1S/C13H16INO3/c1-3-5-10-13(17-4-2)18-12-7-6-9(14)8-11(12)15(10)16/h6-8,15H,3-5H2,1-2H3. The Labute approximate surface area is 120 Å². The third-order valence-corrected chi connectivity index (χ3v) is 3.36. The first kappa shape index (κ1) is 13.6. The van der Waals surface area contributed by atoms with Crippen LogP contribution in [-0.4, -0.2) is 6.61 Å². The number of halogens is 1. The molecule has 0 radical (unpaired) electrons. The van der Waals surface area contributed by atoms with E-state index in [4.69, 9.17) is 9.47 Å². The molecule has 4 nitrogen and oxygen atoms in total. The van der Waals surface area contributed by atoms with Crippen LogP contribution in [0.25, 0.3) is 0 Å². The summed E-state index contributed by atoms with van der Waals surface area (Å²) in [6, 6.07) is 5.59. The molecule has 0 spiro atoms. The van der Waals surface area contributed by atoms with Gasteiger partial charge in [-0.2, -0.15) is 0 Å². The average Bonchev–Trinajstić information content (AvgIpc) is 2.35. The van der Waals surface area contributed by atoms with E-state index in [0.29, 0.717) is 36.1 Å². The van der Waals surface area contributed by atoms with Crippen LogP contribution in [-0.2, 0) is 4.74 Å². The van der Waals surface area contributed by atoms with Crippen molar-refractivity contribution in [2.45, 2.75) is 26.7 Å². The summed E-state index contributed by atoms with van der Waals surface area (Å²) in [6.07, 6.45) is 1.57. The summed E-state index contributed by atoms with van der Waals surface area (Å²) in [6.45, 7) is 4.41. The summed E-state index contributed by atoms with van der Waals surface area (Å²) in [7, 11) is 0. The predicted octanol–water partition coefficient (Wildman–Crippen LogP) is 2.70. The highest BCUT2D eigenvalue weighted by Gasteiger charge is 2.28. The maximum Gasteiger partial charge on any atom is 0.345 e. The molecule has 0 fully saturated rings. The molecule has 0 aliphatic carbocycles. The summed E-state index contributed by atoms with van der Waals surface area (Å²) >= 11 is 2.19. The van der Waals surface area contributed by atoms with E-state index < -0.39 is 0 Å². The molecule has 1 unspecified atom stereocenters. The molecule has 1 N–H and O–H groups in total. The number of rotatable bonds is 4. The fourth-order valence-corrected chi connectivity index (χ4v) is 2.39. The monoisotopic (exact) mass is 361 g/mol. The van der Waals surface area contributed by atoms with Crippen LogP contribution in [0, 0.1) is 8.78 Å². The molecule has 1 aromatic rings. The number of quaternary nitrogens is 1. The smallest absolute Gasteiger partial charge is 0.345 e. The Kier molecular flexibility index (Phi) is 4.47. The number of nitrogens with one attached hydrogen (secondary N) is 1. The first-order valence-corrected chi connectivity index (χ1v) is 7.13. The normalized spacial score (nSPS) is 18.3. The number of hydrogen-bond acceptors (Lipinski definition) is 3. The summed E-state index contributed by atoms with van der Waals surface area (Å²) < 4.78 is 12.2. The molecule has 0 saturated carbocycles. The molecular weight excluding hydrogens is 345 g/mol. The lowest BCUT2D eigenvalue weighted by atomic mass is 10.2. The van der Waals surface area contributed by atoms with Gasteiger partial charge in [0.2, 0.25) is 0 Å². The number of benzene rings is 1. The van der Waals surface area contributed by atoms with Crippen LogP contribution in [0.5, 0.6) is 5.75 Å². The van der Waals surface area contributed by atoms with Gasteiger partial charge in [0, 0.05) is 16.1 Å². The number of hydrogen-bond donors (Lipinski definition) is 1.